The van der Waals surface area contributed by atoms with E-state index in [0.717, 1.165) is 24.3 Å². The van der Waals surface area contributed by atoms with Crippen LogP contribution in [0.3, 0.4) is 0 Å². The molecule has 0 spiro atoms. The van der Waals surface area contributed by atoms with Gasteiger partial charge in [0.25, 0.3) is 17.5 Å². The van der Waals surface area contributed by atoms with Gasteiger partial charge in [0.1, 0.15) is 29.4 Å². The Labute approximate surface area is 244 Å². The van der Waals surface area contributed by atoms with E-state index in [9.17, 15) is 32.3 Å². The maximum Gasteiger partial charge on any atom is 0.424 e. The van der Waals surface area contributed by atoms with Crippen molar-refractivity contribution in [3.63, 3.8) is 0 Å². The van der Waals surface area contributed by atoms with Gasteiger partial charge in [-0.15, -0.1) is 0 Å². The van der Waals surface area contributed by atoms with Crippen LogP contribution in [0.5, 0.6) is 11.5 Å². The molecule has 0 aliphatic carbocycles. The Morgan fingerprint density at radius 3 is 2.51 bits per heavy atom. The zero-order valence-corrected chi connectivity index (χ0v) is 22.7. The molecule has 3 heterocycles. The Hall–Kier alpha value is -4.56. The van der Waals surface area contributed by atoms with E-state index in [2.05, 4.69) is 9.97 Å². The Kier molecular flexibility index (Phi) is 7.38. The molecule has 224 valence electrons. The molecule has 4 N–H and O–H groups in total. The summed E-state index contributed by atoms with van der Waals surface area (Å²) in [5, 5.41) is 13.7. The van der Waals surface area contributed by atoms with E-state index in [1.165, 1.54) is 31.5 Å². The number of methoxy groups -OCH3 is 1. The molecule has 4 aromatic rings. The number of rotatable bonds is 7. The number of amides is 2. The maximum absolute atomic E-state index is 15.7. The molecule has 2 amide bonds. The lowest BCUT2D eigenvalue weighted by Gasteiger charge is -2.31. The lowest BCUT2D eigenvalue weighted by molar-refractivity contribution is -0.265. The summed E-state index contributed by atoms with van der Waals surface area (Å²) >= 11 is 5.98. The molecular weight excluding hydrogens is 603 g/mol. The fourth-order valence-corrected chi connectivity index (χ4v) is 4.73. The number of hydrogen-bond donors (Lipinski definition) is 3. The topological polar surface area (TPSA) is 137 Å². The Morgan fingerprint density at radius 2 is 1.88 bits per heavy atom. The number of halogens is 6. The number of carbonyl (C=O) groups excluding carboxylic acids is 2. The van der Waals surface area contributed by atoms with Gasteiger partial charge in [0, 0.05) is 28.3 Å². The van der Waals surface area contributed by atoms with Crippen LogP contribution in [0, 0.1) is 5.82 Å². The van der Waals surface area contributed by atoms with E-state index in [-0.39, 0.29) is 21.9 Å². The van der Waals surface area contributed by atoms with Crippen molar-refractivity contribution in [2.24, 2.45) is 5.73 Å². The normalized spacial score (nSPS) is 17.6. The highest BCUT2D eigenvalue weighted by molar-refractivity contribution is 6.31. The van der Waals surface area contributed by atoms with Crippen molar-refractivity contribution in [1.29, 1.82) is 0 Å². The van der Waals surface area contributed by atoms with Gasteiger partial charge >= 0.3 is 6.18 Å². The summed E-state index contributed by atoms with van der Waals surface area (Å²) < 4.78 is 83.4. The first kappa shape index (κ1) is 29.9. The zero-order chi connectivity index (χ0) is 31.3. The molecule has 5 rings (SSSR count). The quantitative estimate of drug-likeness (QED) is 0.261. The van der Waals surface area contributed by atoms with Crippen molar-refractivity contribution in [2.75, 3.05) is 20.3 Å². The van der Waals surface area contributed by atoms with E-state index in [4.69, 9.17) is 26.8 Å². The predicted octanol–water partition coefficient (Wildman–Crippen LogP) is 4.32. The summed E-state index contributed by atoms with van der Waals surface area (Å²) in [4.78, 5) is 33.1. The molecule has 9 nitrogen and oxygen atoms in total. The van der Waals surface area contributed by atoms with Gasteiger partial charge < -0.3 is 25.6 Å². The molecule has 1 aliphatic rings. The van der Waals surface area contributed by atoms with Gasteiger partial charge in [-0.3, -0.25) is 14.6 Å². The summed E-state index contributed by atoms with van der Waals surface area (Å²) in [6.07, 6.45) is -4.15. The SMILES string of the molecule is COc1cc(C(=O)NC[C@](O)(c2cc3c(c(-c4ccc(F)cc4)n2)OC[C@]3(F)C(N)=O)C(F)(F)F)cc2cc(Cl)cnc12. The fraction of sp³-hybridized carbons (Fsp3) is 0.214. The summed E-state index contributed by atoms with van der Waals surface area (Å²) in [5.74, 6) is -3.59. The molecule has 0 unspecified atom stereocenters. The van der Waals surface area contributed by atoms with Crippen molar-refractivity contribution in [3.8, 4) is 22.8 Å². The van der Waals surface area contributed by atoms with Crippen molar-refractivity contribution < 1.29 is 46.1 Å². The van der Waals surface area contributed by atoms with E-state index in [1.54, 1.807) is 0 Å². The van der Waals surface area contributed by atoms with Crippen molar-refractivity contribution in [1.82, 2.24) is 15.3 Å². The van der Waals surface area contributed by atoms with Crippen LogP contribution in [0.1, 0.15) is 21.6 Å². The second-order valence-electron chi connectivity index (χ2n) is 9.64. The standard InChI is InChI=1S/C28H20ClF5N4O5/c1-42-19-8-15(6-14-7-16(29)10-36-21(14)19)24(39)37-11-27(41,28(32,33)34)20-9-18-23(43-12-26(18,31)25(35)40)22(38-20)13-2-4-17(30)5-3-13/h2-10,41H,11-12H2,1H3,(H2,35,40)(H,37,39)/t26-,27+/m1/s1. The first-order valence-corrected chi connectivity index (χ1v) is 12.7. The number of primary amides is 1. The number of aromatic nitrogens is 2. The Morgan fingerprint density at radius 1 is 1.19 bits per heavy atom. The number of fused-ring (bicyclic) bond motifs is 2. The monoisotopic (exact) mass is 622 g/mol. The third-order valence-electron chi connectivity index (χ3n) is 6.92. The molecule has 2 aromatic carbocycles. The zero-order valence-electron chi connectivity index (χ0n) is 21.9. The molecule has 0 bridgehead atoms. The molecule has 15 heteroatoms. The number of nitrogens with zero attached hydrogens (tertiary/aromatic N) is 2. The van der Waals surface area contributed by atoms with Crippen LogP contribution in [0.25, 0.3) is 22.2 Å². The highest BCUT2D eigenvalue weighted by Gasteiger charge is 2.58. The van der Waals surface area contributed by atoms with Gasteiger partial charge in [0.2, 0.25) is 5.60 Å². The van der Waals surface area contributed by atoms with Gasteiger partial charge in [-0.1, -0.05) is 11.6 Å². The molecule has 2 aromatic heterocycles. The van der Waals surface area contributed by atoms with Gasteiger partial charge in [-0.25, -0.2) is 13.8 Å². The highest BCUT2D eigenvalue weighted by atomic mass is 35.5. The lowest BCUT2D eigenvalue weighted by Crippen LogP contribution is -2.51. The number of nitrogens with two attached hydrogens (primary N) is 1. The Bertz CT molecular complexity index is 1770. The van der Waals surface area contributed by atoms with Crippen LogP contribution in [-0.2, 0) is 16.1 Å². The molecule has 1 aliphatic heterocycles. The van der Waals surface area contributed by atoms with Crippen LogP contribution < -0.4 is 20.5 Å². The van der Waals surface area contributed by atoms with Gasteiger partial charge in [0.05, 0.1) is 24.4 Å². The molecule has 0 saturated carbocycles. The number of ether oxygens (including phenoxy) is 2. The second kappa shape index (κ2) is 10.6. The van der Waals surface area contributed by atoms with E-state index >= 15 is 4.39 Å². The van der Waals surface area contributed by atoms with Gasteiger partial charge in [-0.2, -0.15) is 13.2 Å². The van der Waals surface area contributed by atoms with Gasteiger partial charge in [0.15, 0.2) is 5.75 Å². The molecule has 0 saturated heterocycles. The first-order valence-electron chi connectivity index (χ1n) is 12.3. The van der Waals surface area contributed by atoms with Crippen molar-refractivity contribution in [3.05, 3.63) is 82.4 Å². The first-order chi connectivity index (χ1) is 20.2. The summed E-state index contributed by atoms with van der Waals surface area (Å²) in [6, 6.07) is 8.72. The predicted molar refractivity (Wildman–Crippen MR) is 143 cm³/mol. The molecule has 0 fully saturated rings. The minimum absolute atomic E-state index is 0.0164. The van der Waals surface area contributed by atoms with Crippen LogP contribution in [0.2, 0.25) is 5.02 Å². The molecular formula is C28H20ClF5N4O5. The van der Waals surface area contributed by atoms with Crippen molar-refractivity contribution >= 4 is 34.3 Å². The number of alkyl halides is 4. The van der Waals surface area contributed by atoms with Crippen LogP contribution >= 0.6 is 11.6 Å². The van der Waals surface area contributed by atoms with E-state index < -0.39 is 70.9 Å². The number of pyridine rings is 2. The third-order valence-corrected chi connectivity index (χ3v) is 7.12. The summed E-state index contributed by atoms with van der Waals surface area (Å²) in [6.45, 7) is -2.46. The lowest BCUT2D eigenvalue weighted by atomic mass is 9.90. The summed E-state index contributed by atoms with van der Waals surface area (Å²) in [5.41, 5.74) is -3.95. The van der Waals surface area contributed by atoms with E-state index in [0.29, 0.717) is 17.0 Å². The number of aliphatic hydroxyl groups is 1. The van der Waals surface area contributed by atoms with Crippen LogP contribution in [0.15, 0.2) is 54.7 Å². The highest BCUT2D eigenvalue weighted by Crippen LogP contribution is 2.48. The van der Waals surface area contributed by atoms with Crippen LogP contribution in [0.4, 0.5) is 22.0 Å². The number of carbonyl (C=O) groups is 2. The molecule has 2 atom stereocenters. The van der Waals surface area contributed by atoms with Crippen molar-refractivity contribution in [2.45, 2.75) is 17.4 Å². The average molecular weight is 623 g/mol. The number of hydrogen-bond acceptors (Lipinski definition) is 7. The van der Waals surface area contributed by atoms with Crippen LogP contribution in [-0.4, -0.2) is 53.3 Å². The van der Waals surface area contributed by atoms with E-state index in [1.807, 2.05) is 5.32 Å². The largest absolute Gasteiger partial charge is 0.494 e. The second-order valence-corrected chi connectivity index (χ2v) is 10.1. The molecule has 43 heavy (non-hydrogen) atoms. The Balaban J connectivity index is 1.59. The molecule has 0 radical (unpaired) electrons. The maximum atomic E-state index is 15.7. The number of benzene rings is 2. The average Bonchev–Trinajstić information content (AvgIpc) is 3.32. The minimum Gasteiger partial charge on any atom is -0.494 e. The van der Waals surface area contributed by atoms with Gasteiger partial charge in [-0.05, 0) is 48.5 Å². The smallest absolute Gasteiger partial charge is 0.424 e. The summed E-state index contributed by atoms with van der Waals surface area (Å²) in [7, 11) is 1.30. The third kappa shape index (κ3) is 5.16. The fourth-order valence-electron chi connectivity index (χ4n) is 4.56. The number of nitrogens with one attached hydrogen (secondary N) is 1. The minimum atomic E-state index is -5.49.